The molecule has 1 N–H and O–H groups in total. The number of aromatic nitrogens is 1. The van der Waals surface area contributed by atoms with Gasteiger partial charge in [-0.1, -0.05) is 30.3 Å². The van der Waals surface area contributed by atoms with Crippen molar-refractivity contribution < 1.29 is 5.11 Å². The summed E-state index contributed by atoms with van der Waals surface area (Å²) in [5, 5.41) is 9.95. The first-order valence-electron chi connectivity index (χ1n) is 6.18. The largest absolute Gasteiger partial charge is 0.503 e. The van der Waals surface area contributed by atoms with E-state index in [0.717, 1.165) is 5.56 Å². The van der Waals surface area contributed by atoms with E-state index in [1.165, 1.54) is 4.57 Å². The predicted molar refractivity (Wildman–Crippen MR) is 75.3 cm³/mol. The van der Waals surface area contributed by atoms with Crippen LogP contribution in [0.25, 0.3) is 0 Å². The van der Waals surface area contributed by atoms with Crippen LogP contribution in [0.2, 0.25) is 0 Å². The van der Waals surface area contributed by atoms with E-state index < -0.39 is 0 Å². The van der Waals surface area contributed by atoms with Crippen LogP contribution in [0.3, 0.4) is 0 Å². The third-order valence-electron chi connectivity index (χ3n) is 2.91. The third-order valence-corrected chi connectivity index (χ3v) is 2.91. The van der Waals surface area contributed by atoms with Gasteiger partial charge in [-0.25, -0.2) is 0 Å². The van der Waals surface area contributed by atoms with E-state index >= 15 is 0 Å². The molecule has 0 radical (unpaired) electrons. The Balaban J connectivity index is 2.29. The Morgan fingerprint density at radius 2 is 1.84 bits per heavy atom. The van der Waals surface area contributed by atoms with Gasteiger partial charge < -0.3 is 14.6 Å². The van der Waals surface area contributed by atoms with Gasteiger partial charge in [-0.05, 0) is 25.7 Å². The van der Waals surface area contributed by atoms with Gasteiger partial charge in [-0.3, -0.25) is 4.79 Å². The van der Waals surface area contributed by atoms with Gasteiger partial charge in [0.2, 0.25) is 0 Å². The SMILES string of the molecule is CN(C)Cc1ccn(Cc2ccccc2)c(=O)c1O. The fourth-order valence-corrected chi connectivity index (χ4v) is 1.97. The van der Waals surface area contributed by atoms with Gasteiger partial charge in [-0.2, -0.15) is 0 Å². The number of benzene rings is 1. The number of rotatable bonds is 4. The van der Waals surface area contributed by atoms with E-state index in [9.17, 15) is 9.90 Å². The Hall–Kier alpha value is -2.07. The molecule has 2 aromatic rings. The highest BCUT2D eigenvalue weighted by Gasteiger charge is 2.09. The summed E-state index contributed by atoms with van der Waals surface area (Å²) in [7, 11) is 3.80. The molecule has 19 heavy (non-hydrogen) atoms. The standard InChI is InChI=1S/C15H18N2O2/c1-16(2)11-13-8-9-17(15(19)14(13)18)10-12-6-4-3-5-7-12/h3-9,18H,10-11H2,1-2H3. The first-order valence-corrected chi connectivity index (χ1v) is 6.18. The molecule has 1 heterocycles. The van der Waals surface area contributed by atoms with Crippen LogP contribution in [-0.2, 0) is 13.1 Å². The molecule has 0 saturated heterocycles. The Kier molecular flexibility index (Phi) is 4.02. The quantitative estimate of drug-likeness (QED) is 0.907. The first-order chi connectivity index (χ1) is 9.08. The molecular weight excluding hydrogens is 240 g/mol. The van der Waals surface area contributed by atoms with Gasteiger partial charge in [0.1, 0.15) is 0 Å². The second-order valence-corrected chi connectivity index (χ2v) is 4.85. The molecule has 1 aromatic carbocycles. The van der Waals surface area contributed by atoms with Gasteiger partial charge in [0, 0.05) is 18.3 Å². The van der Waals surface area contributed by atoms with Crippen molar-refractivity contribution >= 4 is 0 Å². The van der Waals surface area contributed by atoms with E-state index in [4.69, 9.17) is 0 Å². The lowest BCUT2D eigenvalue weighted by Gasteiger charge is -2.13. The smallest absolute Gasteiger partial charge is 0.293 e. The maximum Gasteiger partial charge on any atom is 0.293 e. The molecule has 0 unspecified atom stereocenters. The predicted octanol–water partition coefficient (Wildman–Crippen LogP) is 1.66. The minimum atomic E-state index is -0.344. The van der Waals surface area contributed by atoms with Crippen LogP contribution in [0.4, 0.5) is 0 Å². The van der Waals surface area contributed by atoms with Crippen LogP contribution >= 0.6 is 0 Å². The van der Waals surface area contributed by atoms with E-state index in [1.807, 2.05) is 49.3 Å². The van der Waals surface area contributed by atoms with Crippen LogP contribution in [0.15, 0.2) is 47.4 Å². The number of nitrogens with zero attached hydrogens (tertiary/aromatic N) is 2. The minimum absolute atomic E-state index is 0.160. The number of pyridine rings is 1. The maximum atomic E-state index is 12.1. The van der Waals surface area contributed by atoms with Crippen molar-refractivity contribution in [1.29, 1.82) is 0 Å². The zero-order chi connectivity index (χ0) is 13.8. The van der Waals surface area contributed by atoms with Crippen molar-refractivity contribution in [3.63, 3.8) is 0 Å². The Bertz CT molecular complexity index is 603. The fraction of sp³-hybridized carbons (Fsp3) is 0.267. The minimum Gasteiger partial charge on any atom is -0.503 e. The average Bonchev–Trinajstić information content (AvgIpc) is 2.39. The maximum absolute atomic E-state index is 12.1. The highest BCUT2D eigenvalue weighted by molar-refractivity contribution is 5.29. The van der Waals surface area contributed by atoms with Crippen molar-refractivity contribution in [1.82, 2.24) is 9.47 Å². The number of aromatic hydroxyl groups is 1. The van der Waals surface area contributed by atoms with Gasteiger partial charge in [0.25, 0.3) is 5.56 Å². The van der Waals surface area contributed by atoms with Crippen molar-refractivity contribution in [3.8, 4) is 5.75 Å². The van der Waals surface area contributed by atoms with Crippen LogP contribution in [0.1, 0.15) is 11.1 Å². The molecule has 4 nitrogen and oxygen atoms in total. The molecule has 0 aliphatic carbocycles. The van der Waals surface area contributed by atoms with E-state index in [-0.39, 0.29) is 11.3 Å². The summed E-state index contributed by atoms with van der Waals surface area (Å²) in [6, 6.07) is 11.5. The summed E-state index contributed by atoms with van der Waals surface area (Å²) >= 11 is 0. The molecule has 0 bridgehead atoms. The van der Waals surface area contributed by atoms with Crippen LogP contribution in [0.5, 0.6) is 5.75 Å². The van der Waals surface area contributed by atoms with Crippen molar-refractivity contribution in [3.05, 3.63) is 64.1 Å². The third kappa shape index (κ3) is 3.23. The number of hydrogen-bond acceptors (Lipinski definition) is 3. The molecule has 0 saturated carbocycles. The molecule has 1 aromatic heterocycles. The molecule has 0 atom stereocenters. The molecule has 100 valence electrons. The van der Waals surface area contributed by atoms with Crippen LogP contribution in [-0.4, -0.2) is 28.7 Å². The summed E-state index contributed by atoms with van der Waals surface area (Å²) in [6.07, 6.45) is 1.73. The lowest BCUT2D eigenvalue weighted by molar-refractivity contribution is 0.381. The van der Waals surface area contributed by atoms with Crippen molar-refractivity contribution in [2.45, 2.75) is 13.1 Å². The molecule has 0 amide bonds. The summed E-state index contributed by atoms with van der Waals surface area (Å²) in [4.78, 5) is 14.0. The monoisotopic (exact) mass is 258 g/mol. The Morgan fingerprint density at radius 1 is 1.16 bits per heavy atom. The number of hydrogen-bond donors (Lipinski definition) is 1. The molecule has 0 spiro atoms. The topological polar surface area (TPSA) is 45.5 Å². The molecule has 0 fully saturated rings. The van der Waals surface area contributed by atoms with Crippen molar-refractivity contribution in [2.75, 3.05) is 14.1 Å². The fourth-order valence-electron chi connectivity index (χ4n) is 1.97. The normalized spacial score (nSPS) is 10.9. The highest BCUT2D eigenvalue weighted by Crippen LogP contribution is 2.13. The summed E-state index contributed by atoms with van der Waals surface area (Å²) < 4.78 is 1.52. The van der Waals surface area contributed by atoms with Crippen LogP contribution in [0, 0.1) is 0 Å². The molecule has 0 aliphatic heterocycles. The van der Waals surface area contributed by atoms with Crippen molar-refractivity contribution in [2.24, 2.45) is 0 Å². The van der Waals surface area contributed by atoms with Crippen LogP contribution < -0.4 is 5.56 Å². The molecule has 4 heteroatoms. The molecular formula is C15H18N2O2. The summed E-state index contributed by atoms with van der Waals surface area (Å²) in [6.45, 7) is 1.02. The lowest BCUT2D eigenvalue weighted by Crippen LogP contribution is -2.22. The second-order valence-electron chi connectivity index (χ2n) is 4.85. The molecule has 0 aliphatic rings. The van der Waals surface area contributed by atoms with E-state index in [2.05, 4.69) is 0 Å². The summed E-state index contributed by atoms with van der Waals surface area (Å²) in [5.41, 5.74) is 1.34. The highest BCUT2D eigenvalue weighted by atomic mass is 16.3. The Labute approximate surface area is 112 Å². The average molecular weight is 258 g/mol. The van der Waals surface area contributed by atoms with E-state index in [1.54, 1.807) is 12.3 Å². The van der Waals surface area contributed by atoms with Gasteiger partial charge in [0.15, 0.2) is 5.75 Å². The Morgan fingerprint density at radius 3 is 2.47 bits per heavy atom. The van der Waals surface area contributed by atoms with E-state index in [0.29, 0.717) is 18.7 Å². The van der Waals surface area contributed by atoms with Gasteiger partial charge in [-0.15, -0.1) is 0 Å². The summed E-state index contributed by atoms with van der Waals surface area (Å²) in [5.74, 6) is -0.160. The first kappa shape index (κ1) is 13.4. The zero-order valence-corrected chi connectivity index (χ0v) is 11.2. The van der Waals surface area contributed by atoms with Gasteiger partial charge in [0.05, 0.1) is 6.54 Å². The molecule has 2 rings (SSSR count). The van der Waals surface area contributed by atoms with Gasteiger partial charge >= 0.3 is 0 Å². The zero-order valence-electron chi connectivity index (χ0n) is 11.2. The lowest BCUT2D eigenvalue weighted by atomic mass is 10.2. The second kappa shape index (κ2) is 5.71.